The summed E-state index contributed by atoms with van der Waals surface area (Å²) in [6.07, 6.45) is 5.12. The van der Waals surface area contributed by atoms with Gasteiger partial charge in [0.2, 0.25) is 10.0 Å². The summed E-state index contributed by atoms with van der Waals surface area (Å²) >= 11 is 7.42. The Morgan fingerprint density at radius 2 is 1.74 bits per heavy atom. The van der Waals surface area contributed by atoms with Crippen molar-refractivity contribution < 1.29 is 13.2 Å². The Morgan fingerprint density at radius 3 is 2.35 bits per heavy atom. The second kappa shape index (κ2) is 10.4. The highest BCUT2D eigenvalue weighted by molar-refractivity contribution is 14.1. The maximum Gasteiger partial charge on any atom is 0.257 e. The number of aryl methyl sites for hydroxylation is 1. The number of sulfonamides is 1. The largest absolute Gasteiger partial charge is 0.332 e. The van der Waals surface area contributed by atoms with Crippen molar-refractivity contribution in [1.82, 2.24) is 9.62 Å². The lowest BCUT2D eigenvalue weighted by molar-refractivity contribution is 0.0977. The molecule has 0 atom stereocenters. The van der Waals surface area contributed by atoms with Crippen molar-refractivity contribution in [2.45, 2.75) is 50.0 Å². The van der Waals surface area contributed by atoms with Gasteiger partial charge in [0.25, 0.3) is 5.91 Å². The van der Waals surface area contributed by atoms with Crippen molar-refractivity contribution in [2.24, 2.45) is 0 Å². The lowest BCUT2D eigenvalue weighted by Crippen LogP contribution is -2.38. The normalized spacial score (nSPS) is 15.0. The molecular formula is C22H26IN3O3S2. The fourth-order valence-electron chi connectivity index (χ4n) is 3.59. The van der Waals surface area contributed by atoms with E-state index in [1.54, 1.807) is 43.4 Å². The number of halogens is 1. The highest BCUT2D eigenvalue weighted by Crippen LogP contribution is 2.27. The first-order chi connectivity index (χ1) is 14.7. The Hall–Kier alpha value is -1.56. The van der Waals surface area contributed by atoms with Crippen LogP contribution in [0, 0.1) is 10.5 Å². The molecule has 6 nitrogen and oxygen atoms in total. The summed E-state index contributed by atoms with van der Waals surface area (Å²) in [5.74, 6) is -0.302. The van der Waals surface area contributed by atoms with Gasteiger partial charge in [-0.25, -0.2) is 8.42 Å². The quantitative estimate of drug-likeness (QED) is 0.403. The summed E-state index contributed by atoms with van der Waals surface area (Å²) in [7, 11) is -1.88. The molecule has 1 aliphatic carbocycles. The number of nitrogens with one attached hydrogen (secondary N) is 2. The zero-order valence-electron chi connectivity index (χ0n) is 17.5. The van der Waals surface area contributed by atoms with Crippen LogP contribution in [-0.2, 0) is 10.0 Å². The van der Waals surface area contributed by atoms with E-state index in [4.69, 9.17) is 12.2 Å². The third-order valence-electron chi connectivity index (χ3n) is 5.54. The predicted octanol–water partition coefficient (Wildman–Crippen LogP) is 4.68. The summed E-state index contributed by atoms with van der Waals surface area (Å²) < 4.78 is 28.4. The van der Waals surface area contributed by atoms with E-state index >= 15 is 0 Å². The fraction of sp³-hybridized carbons (Fsp3) is 0.364. The van der Waals surface area contributed by atoms with E-state index in [1.807, 2.05) is 13.0 Å². The van der Waals surface area contributed by atoms with Crippen molar-refractivity contribution in [1.29, 1.82) is 0 Å². The van der Waals surface area contributed by atoms with Crippen molar-refractivity contribution in [3.8, 4) is 0 Å². The Bertz CT molecular complexity index is 1070. The highest BCUT2D eigenvalue weighted by Gasteiger charge is 2.28. The number of nitrogens with zero attached hydrogens (tertiary/aromatic N) is 1. The molecule has 0 radical (unpaired) electrons. The Labute approximate surface area is 203 Å². The van der Waals surface area contributed by atoms with Crippen LogP contribution in [0.3, 0.4) is 0 Å². The molecule has 0 heterocycles. The number of carbonyl (C=O) groups is 1. The van der Waals surface area contributed by atoms with Gasteiger partial charge < -0.3 is 5.32 Å². The van der Waals surface area contributed by atoms with Gasteiger partial charge in [-0.1, -0.05) is 25.3 Å². The zero-order valence-corrected chi connectivity index (χ0v) is 21.3. The minimum Gasteiger partial charge on any atom is -0.332 e. The average molecular weight is 572 g/mol. The summed E-state index contributed by atoms with van der Waals surface area (Å²) in [4.78, 5) is 12.6. The van der Waals surface area contributed by atoms with Crippen LogP contribution in [0.15, 0.2) is 47.4 Å². The van der Waals surface area contributed by atoms with Crippen molar-refractivity contribution in [2.75, 3.05) is 12.4 Å². The number of hydrogen-bond donors (Lipinski definition) is 2. The van der Waals surface area contributed by atoms with E-state index in [2.05, 4.69) is 33.2 Å². The van der Waals surface area contributed by atoms with Crippen LogP contribution < -0.4 is 10.6 Å². The second-order valence-corrected chi connectivity index (χ2v) is 11.3. The van der Waals surface area contributed by atoms with E-state index in [-0.39, 0.29) is 22.0 Å². The lowest BCUT2D eigenvalue weighted by Gasteiger charge is -2.30. The smallest absolute Gasteiger partial charge is 0.257 e. The number of benzene rings is 2. The number of rotatable bonds is 5. The predicted molar refractivity (Wildman–Crippen MR) is 136 cm³/mol. The van der Waals surface area contributed by atoms with Crippen LogP contribution in [0.2, 0.25) is 0 Å². The van der Waals surface area contributed by atoms with E-state index in [9.17, 15) is 13.2 Å². The number of hydrogen-bond acceptors (Lipinski definition) is 4. The van der Waals surface area contributed by atoms with Crippen LogP contribution in [0.25, 0.3) is 0 Å². The molecule has 1 amide bonds. The van der Waals surface area contributed by atoms with Gasteiger partial charge >= 0.3 is 0 Å². The van der Waals surface area contributed by atoms with Crippen LogP contribution in [0.1, 0.15) is 48.0 Å². The lowest BCUT2D eigenvalue weighted by atomic mass is 9.96. The Morgan fingerprint density at radius 1 is 1.10 bits per heavy atom. The monoisotopic (exact) mass is 571 g/mol. The van der Waals surface area contributed by atoms with Crippen molar-refractivity contribution in [3.63, 3.8) is 0 Å². The van der Waals surface area contributed by atoms with Gasteiger partial charge in [0, 0.05) is 27.9 Å². The van der Waals surface area contributed by atoms with Gasteiger partial charge in [-0.3, -0.25) is 10.1 Å². The fourth-order valence-corrected chi connectivity index (χ4v) is 5.73. The molecule has 0 saturated heterocycles. The van der Waals surface area contributed by atoms with E-state index < -0.39 is 10.0 Å². The summed E-state index contributed by atoms with van der Waals surface area (Å²) in [5, 5.41) is 5.73. The molecular weight excluding hydrogens is 545 g/mol. The molecule has 1 aliphatic rings. The number of anilines is 1. The van der Waals surface area contributed by atoms with E-state index in [0.717, 1.165) is 34.8 Å². The van der Waals surface area contributed by atoms with E-state index in [1.165, 1.54) is 10.7 Å². The molecule has 0 aliphatic heterocycles. The molecule has 31 heavy (non-hydrogen) atoms. The molecule has 0 unspecified atom stereocenters. The Kier molecular flexibility index (Phi) is 8.06. The molecule has 1 saturated carbocycles. The summed E-state index contributed by atoms with van der Waals surface area (Å²) in [6.45, 7) is 1.98. The first-order valence-electron chi connectivity index (χ1n) is 10.1. The first-order valence-corrected chi connectivity index (χ1v) is 13.1. The van der Waals surface area contributed by atoms with Gasteiger partial charge in [0.15, 0.2) is 5.11 Å². The van der Waals surface area contributed by atoms with Crippen LogP contribution >= 0.6 is 34.8 Å². The molecule has 2 aromatic carbocycles. The van der Waals surface area contributed by atoms with Crippen LogP contribution in [0.5, 0.6) is 0 Å². The Balaban J connectivity index is 1.62. The maximum absolute atomic E-state index is 12.9. The average Bonchev–Trinajstić information content (AvgIpc) is 2.76. The van der Waals surface area contributed by atoms with Crippen LogP contribution in [0.4, 0.5) is 5.69 Å². The zero-order chi connectivity index (χ0) is 22.6. The van der Waals surface area contributed by atoms with Gasteiger partial charge in [-0.2, -0.15) is 4.31 Å². The minimum absolute atomic E-state index is 0.0594. The van der Waals surface area contributed by atoms with Crippen LogP contribution in [-0.4, -0.2) is 36.8 Å². The summed E-state index contributed by atoms with van der Waals surface area (Å²) in [5.41, 5.74) is 2.22. The molecule has 166 valence electrons. The molecule has 1 fully saturated rings. The van der Waals surface area contributed by atoms with Gasteiger partial charge in [0.05, 0.1) is 4.90 Å². The van der Waals surface area contributed by atoms with Gasteiger partial charge in [0.1, 0.15) is 0 Å². The first kappa shape index (κ1) is 24.1. The number of carbonyl (C=O) groups excluding carboxylic acids is 1. The third kappa shape index (κ3) is 6.03. The molecule has 2 N–H and O–H groups in total. The molecule has 2 aromatic rings. The van der Waals surface area contributed by atoms with Crippen molar-refractivity contribution in [3.05, 3.63) is 57.2 Å². The summed E-state index contributed by atoms with van der Waals surface area (Å²) in [6, 6.07) is 11.9. The van der Waals surface area contributed by atoms with Gasteiger partial charge in [-0.05, 0) is 96.5 Å². The second-order valence-electron chi connectivity index (χ2n) is 7.71. The number of thiocarbonyl (C=S) groups is 1. The molecule has 3 rings (SSSR count). The minimum atomic E-state index is -3.54. The topological polar surface area (TPSA) is 78.5 Å². The highest BCUT2D eigenvalue weighted by atomic mass is 127. The number of amides is 1. The molecule has 0 spiro atoms. The van der Waals surface area contributed by atoms with Gasteiger partial charge in [-0.15, -0.1) is 0 Å². The molecule has 0 bridgehead atoms. The van der Waals surface area contributed by atoms with E-state index in [0.29, 0.717) is 11.3 Å². The SMILES string of the molecule is Cc1ccc(C(=O)NC(=S)Nc2ccc(S(=O)(=O)N(C)C3CCCCC3)cc2)cc1I. The maximum atomic E-state index is 12.9. The molecule has 9 heteroatoms. The third-order valence-corrected chi connectivity index (χ3v) is 8.83. The molecule has 0 aromatic heterocycles. The standard InChI is InChI=1S/C22H26IN3O3S2/c1-15-8-9-16(14-20(15)23)21(27)25-22(30)24-17-10-12-19(13-11-17)31(28,29)26(2)18-6-4-3-5-7-18/h8-14,18H,3-7H2,1-2H3,(H2,24,25,27,30). The van der Waals surface area contributed by atoms with Crippen molar-refractivity contribution >= 4 is 61.5 Å².